The molecule has 2 amide bonds. The fourth-order valence-corrected chi connectivity index (χ4v) is 2.04. The predicted molar refractivity (Wildman–Crippen MR) is 70.3 cm³/mol. The van der Waals surface area contributed by atoms with Crippen molar-refractivity contribution in [2.24, 2.45) is 5.73 Å². The number of nitrogens with one attached hydrogen (secondary N) is 1. The summed E-state index contributed by atoms with van der Waals surface area (Å²) in [5.74, 6) is -0.860. The lowest BCUT2D eigenvalue weighted by Crippen LogP contribution is -2.32. The second-order valence-corrected chi connectivity index (χ2v) is 4.82. The molecule has 0 aromatic heterocycles. The fraction of sp³-hybridized carbons (Fsp3) is 0.273. The number of amides is 2. The number of hydrogen-bond acceptors (Lipinski definition) is 2. The topological polar surface area (TPSA) is 72.2 Å². The molecule has 4 nitrogen and oxygen atoms in total. The Morgan fingerprint density at radius 2 is 2.00 bits per heavy atom. The Morgan fingerprint density at radius 1 is 1.38 bits per heavy atom. The minimum atomic E-state index is -0.590. The van der Waals surface area contributed by atoms with Gasteiger partial charge in [-0.05, 0) is 48.6 Å². The summed E-state index contributed by atoms with van der Waals surface area (Å²) in [6.45, 7) is 3.72. The fourth-order valence-electron chi connectivity index (χ4n) is 1.29. The zero-order valence-electron chi connectivity index (χ0n) is 9.08. The number of carbonyl (C=O) groups is 2. The molecule has 1 aromatic rings. The van der Waals surface area contributed by atoms with Crippen LogP contribution in [-0.4, -0.2) is 17.9 Å². The third-order valence-electron chi connectivity index (χ3n) is 1.93. The third kappa shape index (κ3) is 2.94. The Balaban J connectivity index is 3.20. The maximum Gasteiger partial charge on any atom is 0.253 e. The maximum atomic E-state index is 11.9. The van der Waals surface area contributed by atoms with Gasteiger partial charge in [-0.2, -0.15) is 0 Å². The molecule has 16 heavy (non-hydrogen) atoms. The average molecular weight is 332 g/mol. The highest BCUT2D eigenvalue weighted by Gasteiger charge is 2.18. The normalized spacial score (nSPS) is 10.2. The van der Waals surface area contributed by atoms with Crippen LogP contribution in [0.5, 0.6) is 0 Å². The van der Waals surface area contributed by atoms with Crippen molar-refractivity contribution in [3.8, 4) is 0 Å². The van der Waals surface area contributed by atoms with E-state index in [1.165, 1.54) is 0 Å². The van der Waals surface area contributed by atoms with E-state index in [9.17, 15) is 9.59 Å². The van der Waals surface area contributed by atoms with E-state index < -0.39 is 5.91 Å². The van der Waals surface area contributed by atoms with E-state index in [1.807, 2.05) is 36.4 Å². The Bertz CT molecular complexity index is 430. The molecule has 0 aliphatic rings. The van der Waals surface area contributed by atoms with Crippen molar-refractivity contribution < 1.29 is 9.59 Å². The molecule has 0 aliphatic carbocycles. The van der Waals surface area contributed by atoms with Gasteiger partial charge in [-0.15, -0.1) is 0 Å². The summed E-state index contributed by atoms with van der Waals surface area (Å²) in [5, 5.41) is 2.74. The maximum absolute atomic E-state index is 11.9. The molecule has 5 heteroatoms. The second kappa shape index (κ2) is 5.29. The van der Waals surface area contributed by atoms with Crippen LogP contribution >= 0.6 is 22.6 Å². The highest BCUT2D eigenvalue weighted by Crippen LogP contribution is 2.17. The molecule has 0 saturated carbocycles. The number of rotatable bonds is 3. The molecular weight excluding hydrogens is 319 g/mol. The first-order chi connectivity index (χ1) is 7.43. The summed E-state index contributed by atoms with van der Waals surface area (Å²) >= 11 is 2.01. The first-order valence-corrected chi connectivity index (χ1v) is 5.90. The lowest BCUT2D eigenvalue weighted by molar-refractivity contribution is 0.0926. The van der Waals surface area contributed by atoms with E-state index in [1.54, 1.807) is 18.2 Å². The Kier molecular flexibility index (Phi) is 4.28. The third-order valence-corrected chi connectivity index (χ3v) is 2.82. The molecule has 1 aromatic carbocycles. The van der Waals surface area contributed by atoms with Gasteiger partial charge in [-0.3, -0.25) is 9.59 Å². The van der Waals surface area contributed by atoms with Crippen molar-refractivity contribution in [1.29, 1.82) is 0 Å². The second-order valence-electron chi connectivity index (χ2n) is 3.65. The van der Waals surface area contributed by atoms with Crippen LogP contribution in [0.15, 0.2) is 18.2 Å². The number of nitrogens with two attached hydrogens (primary N) is 1. The van der Waals surface area contributed by atoms with Crippen LogP contribution in [0.2, 0.25) is 0 Å². The number of carbonyl (C=O) groups excluding carboxylic acids is 2. The van der Waals surface area contributed by atoms with Crippen LogP contribution < -0.4 is 11.1 Å². The summed E-state index contributed by atoms with van der Waals surface area (Å²) < 4.78 is 0.715. The van der Waals surface area contributed by atoms with Crippen molar-refractivity contribution in [2.45, 2.75) is 19.9 Å². The van der Waals surface area contributed by atoms with Crippen LogP contribution in [0, 0.1) is 3.57 Å². The van der Waals surface area contributed by atoms with Crippen molar-refractivity contribution in [2.75, 3.05) is 0 Å². The van der Waals surface area contributed by atoms with Crippen LogP contribution in [0.4, 0.5) is 0 Å². The van der Waals surface area contributed by atoms with Crippen molar-refractivity contribution in [3.63, 3.8) is 0 Å². The minimum Gasteiger partial charge on any atom is -0.366 e. The summed E-state index contributed by atoms with van der Waals surface area (Å²) in [6, 6.07) is 5.04. The van der Waals surface area contributed by atoms with Gasteiger partial charge in [0.2, 0.25) is 5.91 Å². The smallest absolute Gasteiger partial charge is 0.253 e. The molecule has 3 N–H and O–H groups in total. The quantitative estimate of drug-likeness (QED) is 0.824. The molecule has 86 valence electrons. The molecular formula is C11H13IN2O2. The minimum absolute atomic E-state index is 0.0178. The molecule has 0 aliphatic heterocycles. The van der Waals surface area contributed by atoms with Gasteiger partial charge < -0.3 is 11.1 Å². The molecule has 0 saturated heterocycles. The number of halogens is 1. The molecule has 0 heterocycles. The Hall–Kier alpha value is -1.11. The van der Waals surface area contributed by atoms with Crippen LogP contribution in [-0.2, 0) is 0 Å². The van der Waals surface area contributed by atoms with E-state index in [-0.39, 0.29) is 17.5 Å². The monoisotopic (exact) mass is 332 g/mol. The van der Waals surface area contributed by atoms with Gasteiger partial charge in [0.1, 0.15) is 0 Å². The van der Waals surface area contributed by atoms with Crippen molar-refractivity contribution in [1.82, 2.24) is 5.32 Å². The van der Waals surface area contributed by atoms with Gasteiger partial charge in [0, 0.05) is 9.61 Å². The average Bonchev–Trinajstić information content (AvgIpc) is 2.15. The zero-order valence-corrected chi connectivity index (χ0v) is 11.2. The number of primary amides is 1. The van der Waals surface area contributed by atoms with Gasteiger partial charge >= 0.3 is 0 Å². The highest BCUT2D eigenvalue weighted by molar-refractivity contribution is 14.1. The summed E-state index contributed by atoms with van der Waals surface area (Å²) in [4.78, 5) is 23.1. The van der Waals surface area contributed by atoms with Gasteiger partial charge in [-0.25, -0.2) is 0 Å². The molecule has 1 rings (SSSR count). The Morgan fingerprint density at radius 3 is 2.50 bits per heavy atom. The summed E-state index contributed by atoms with van der Waals surface area (Å²) in [5.41, 5.74) is 5.84. The largest absolute Gasteiger partial charge is 0.366 e. The molecule has 0 atom stereocenters. The van der Waals surface area contributed by atoms with E-state index in [2.05, 4.69) is 5.32 Å². The Labute approximate surface area is 108 Å². The van der Waals surface area contributed by atoms with Gasteiger partial charge in [0.25, 0.3) is 5.91 Å². The number of benzene rings is 1. The molecule has 0 spiro atoms. The molecule has 0 bridgehead atoms. The van der Waals surface area contributed by atoms with Crippen LogP contribution in [0.25, 0.3) is 0 Å². The molecule has 0 unspecified atom stereocenters. The summed E-state index contributed by atoms with van der Waals surface area (Å²) in [7, 11) is 0. The SMILES string of the molecule is CC(C)NC(=O)c1c(I)cccc1C(N)=O. The van der Waals surface area contributed by atoms with Crippen LogP contribution in [0.3, 0.4) is 0 Å². The standard InChI is InChI=1S/C11H13IN2O2/c1-6(2)14-11(16)9-7(10(13)15)4-3-5-8(9)12/h3-6H,1-2H3,(H2,13,15)(H,14,16). The van der Waals surface area contributed by atoms with E-state index in [0.29, 0.717) is 9.13 Å². The number of hydrogen-bond donors (Lipinski definition) is 2. The summed E-state index contributed by atoms with van der Waals surface area (Å²) in [6.07, 6.45) is 0. The highest BCUT2D eigenvalue weighted by atomic mass is 127. The molecule has 0 radical (unpaired) electrons. The predicted octanol–water partition coefficient (Wildman–Crippen LogP) is 1.53. The first kappa shape index (κ1) is 13.0. The lowest BCUT2D eigenvalue weighted by Gasteiger charge is -2.12. The molecule has 0 fully saturated rings. The van der Waals surface area contributed by atoms with Crippen LogP contribution in [0.1, 0.15) is 34.6 Å². The van der Waals surface area contributed by atoms with E-state index >= 15 is 0 Å². The van der Waals surface area contributed by atoms with Gasteiger partial charge in [-0.1, -0.05) is 6.07 Å². The lowest BCUT2D eigenvalue weighted by atomic mass is 10.1. The van der Waals surface area contributed by atoms with Gasteiger partial charge in [0.15, 0.2) is 0 Å². The van der Waals surface area contributed by atoms with Crippen molar-refractivity contribution in [3.05, 3.63) is 32.9 Å². The van der Waals surface area contributed by atoms with E-state index in [4.69, 9.17) is 5.73 Å². The zero-order chi connectivity index (χ0) is 12.3. The van der Waals surface area contributed by atoms with Gasteiger partial charge in [0.05, 0.1) is 11.1 Å². The van der Waals surface area contributed by atoms with Crippen molar-refractivity contribution >= 4 is 34.4 Å². The first-order valence-electron chi connectivity index (χ1n) is 4.82. The van der Waals surface area contributed by atoms with E-state index in [0.717, 1.165) is 0 Å².